The molecule has 0 aliphatic rings. The molecule has 0 aliphatic heterocycles. The maximum absolute atomic E-state index is 11.9. The first-order chi connectivity index (χ1) is 8.73. The van der Waals surface area contributed by atoms with Crippen molar-refractivity contribution in [3.05, 3.63) is 0 Å². The minimum atomic E-state index is -1.22. The lowest BCUT2D eigenvalue weighted by Crippen LogP contribution is -2.55. The van der Waals surface area contributed by atoms with E-state index in [-0.39, 0.29) is 6.10 Å². The number of likely N-dealkylation sites (N-methyl/N-ethyl adjacent to an activating group) is 1. The largest absolute Gasteiger partial charge is 0.480 e. The van der Waals surface area contributed by atoms with Crippen LogP contribution in [0.4, 0.5) is 4.79 Å². The highest BCUT2D eigenvalue weighted by molar-refractivity contribution is 5.85. The summed E-state index contributed by atoms with van der Waals surface area (Å²) in [5.41, 5.74) is -1.22. The Kier molecular flexibility index (Phi) is 7.44. The van der Waals surface area contributed by atoms with Gasteiger partial charge in [-0.25, -0.2) is 9.59 Å². The van der Waals surface area contributed by atoms with E-state index in [0.29, 0.717) is 26.0 Å². The average molecular weight is 274 g/mol. The SMILES string of the molecule is CCCC(C)(NC(=O)N(C)CCOC(C)C)C(=O)O. The monoisotopic (exact) mass is 274 g/mol. The van der Waals surface area contributed by atoms with E-state index in [9.17, 15) is 14.7 Å². The van der Waals surface area contributed by atoms with Gasteiger partial charge in [-0.05, 0) is 27.2 Å². The van der Waals surface area contributed by atoms with E-state index < -0.39 is 17.5 Å². The third-order valence-electron chi connectivity index (χ3n) is 2.83. The number of hydrogen-bond acceptors (Lipinski definition) is 3. The summed E-state index contributed by atoms with van der Waals surface area (Å²) in [4.78, 5) is 24.6. The summed E-state index contributed by atoms with van der Waals surface area (Å²) in [6, 6.07) is -0.397. The maximum atomic E-state index is 11.9. The van der Waals surface area contributed by atoms with E-state index in [1.807, 2.05) is 20.8 Å². The fourth-order valence-corrected chi connectivity index (χ4v) is 1.58. The molecule has 6 heteroatoms. The van der Waals surface area contributed by atoms with Crippen LogP contribution in [0.25, 0.3) is 0 Å². The van der Waals surface area contributed by atoms with Gasteiger partial charge in [-0.2, -0.15) is 0 Å². The highest BCUT2D eigenvalue weighted by Crippen LogP contribution is 2.13. The molecule has 19 heavy (non-hydrogen) atoms. The lowest BCUT2D eigenvalue weighted by Gasteiger charge is -2.29. The smallest absolute Gasteiger partial charge is 0.329 e. The number of aliphatic carboxylic acids is 1. The van der Waals surface area contributed by atoms with Gasteiger partial charge in [-0.3, -0.25) is 0 Å². The zero-order valence-electron chi connectivity index (χ0n) is 12.5. The topological polar surface area (TPSA) is 78.9 Å². The number of carbonyl (C=O) groups is 2. The average Bonchev–Trinajstić information content (AvgIpc) is 2.28. The highest BCUT2D eigenvalue weighted by atomic mass is 16.5. The van der Waals surface area contributed by atoms with Crippen molar-refractivity contribution in [2.75, 3.05) is 20.2 Å². The summed E-state index contributed by atoms with van der Waals surface area (Å²) in [5, 5.41) is 11.7. The fourth-order valence-electron chi connectivity index (χ4n) is 1.58. The lowest BCUT2D eigenvalue weighted by molar-refractivity contribution is -0.144. The van der Waals surface area contributed by atoms with Gasteiger partial charge in [0.05, 0.1) is 12.7 Å². The summed E-state index contributed by atoms with van der Waals surface area (Å²) in [6.45, 7) is 8.10. The van der Waals surface area contributed by atoms with Crippen LogP contribution in [0.2, 0.25) is 0 Å². The van der Waals surface area contributed by atoms with E-state index in [1.54, 1.807) is 7.05 Å². The number of ether oxygens (including phenoxy) is 1. The van der Waals surface area contributed by atoms with E-state index in [2.05, 4.69) is 5.32 Å². The van der Waals surface area contributed by atoms with Crippen LogP contribution < -0.4 is 5.32 Å². The second kappa shape index (κ2) is 7.99. The minimum absolute atomic E-state index is 0.112. The molecule has 0 rings (SSSR count). The number of hydrogen-bond donors (Lipinski definition) is 2. The Morgan fingerprint density at radius 3 is 2.42 bits per heavy atom. The molecule has 0 saturated heterocycles. The molecule has 1 unspecified atom stereocenters. The van der Waals surface area contributed by atoms with Crippen molar-refractivity contribution in [3.8, 4) is 0 Å². The van der Waals surface area contributed by atoms with Gasteiger partial charge >= 0.3 is 12.0 Å². The zero-order valence-corrected chi connectivity index (χ0v) is 12.5. The Morgan fingerprint density at radius 1 is 1.42 bits per heavy atom. The van der Waals surface area contributed by atoms with Crippen molar-refractivity contribution in [2.24, 2.45) is 0 Å². The van der Waals surface area contributed by atoms with Gasteiger partial charge in [0, 0.05) is 13.6 Å². The first-order valence-corrected chi connectivity index (χ1v) is 6.61. The van der Waals surface area contributed by atoms with Crippen LogP contribution in [0.15, 0.2) is 0 Å². The normalized spacial score (nSPS) is 14.0. The van der Waals surface area contributed by atoms with Crippen molar-refractivity contribution in [3.63, 3.8) is 0 Å². The van der Waals surface area contributed by atoms with Crippen LogP contribution >= 0.6 is 0 Å². The van der Waals surface area contributed by atoms with E-state index >= 15 is 0 Å². The molecule has 6 nitrogen and oxygen atoms in total. The molecule has 0 fully saturated rings. The molecule has 0 aliphatic carbocycles. The first kappa shape index (κ1) is 17.7. The maximum Gasteiger partial charge on any atom is 0.329 e. The third kappa shape index (κ3) is 6.42. The van der Waals surface area contributed by atoms with Gasteiger partial charge in [0.2, 0.25) is 0 Å². The molecule has 0 bridgehead atoms. The van der Waals surface area contributed by atoms with Crippen LogP contribution in [0, 0.1) is 0 Å². The van der Waals surface area contributed by atoms with Gasteiger partial charge in [0.1, 0.15) is 5.54 Å². The Labute approximate surface area is 115 Å². The number of rotatable bonds is 8. The number of carbonyl (C=O) groups excluding carboxylic acids is 1. The fraction of sp³-hybridized carbons (Fsp3) is 0.846. The molecular formula is C13H26N2O4. The molecule has 0 radical (unpaired) electrons. The van der Waals surface area contributed by atoms with Crippen molar-refractivity contribution in [2.45, 2.75) is 52.2 Å². The molecule has 0 aromatic heterocycles. The number of carboxylic acids is 1. The molecule has 0 saturated carbocycles. The Bertz CT molecular complexity index is 307. The van der Waals surface area contributed by atoms with Crippen molar-refractivity contribution >= 4 is 12.0 Å². The number of nitrogens with one attached hydrogen (secondary N) is 1. The molecule has 0 aromatic rings. The van der Waals surface area contributed by atoms with Gasteiger partial charge < -0.3 is 20.1 Å². The second-order valence-electron chi connectivity index (χ2n) is 5.16. The minimum Gasteiger partial charge on any atom is -0.480 e. The zero-order chi connectivity index (χ0) is 15.1. The summed E-state index contributed by atoms with van der Waals surface area (Å²) < 4.78 is 5.35. The quantitative estimate of drug-likeness (QED) is 0.706. The molecule has 2 N–H and O–H groups in total. The van der Waals surface area contributed by atoms with E-state index in [0.717, 1.165) is 0 Å². The van der Waals surface area contributed by atoms with Crippen LogP contribution in [0.1, 0.15) is 40.5 Å². The predicted octanol–water partition coefficient (Wildman–Crippen LogP) is 1.70. The molecule has 0 aromatic carbocycles. The molecular weight excluding hydrogens is 248 g/mol. The van der Waals surface area contributed by atoms with Crippen molar-refractivity contribution in [1.29, 1.82) is 0 Å². The summed E-state index contributed by atoms with van der Waals surface area (Å²) >= 11 is 0. The lowest BCUT2D eigenvalue weighted by atomic mass is 9.96. The molecule has 1 atom stereocenters. The van der Waals surface area contributed by atoms with Crippen molar-refractivity contribution in [1.82, 2.24) is 10.2 Å². The Hall–Kier alpha value is -1.30. The molecule has 2 amide bonds. The molecule has 0 heterocycles. The number of urea groups is 1. The van der Waals surface area contributed by atoms with E-state index in [1.165, 1.54) is 11.8 Å². The molecule has 0 spiro atoms. The number of amides is 2. The highest BCUT2D eigenvalue weighted by Gasteiger charge is 2.34. The number of nitrogens with zero attached hydrogens (tertiary/aromatic N) is 1. The van der Waals surface area contributed by atoms with Gasteiger partial charge in [0.15, 0.2) is 0 Å². The Morgan fingerprint density at radius 2 is 2.00 bits per heavy atom. The third-order valence-corrected chi connectivity index (χ3v) is 2.83. The first-order valence-electron chi connectivity index (χ1n) is 6.61. The Balaban J connectivity index is 4.36. The van der Waals surface area contributed by atoms with Crippen LogP contribution in [0.3, 0.4) is 0 Å². The summed E-state index contributed by atoms with van der Waals surface area (Å²) in [5.74, 6) is -1.02. The predicted molar refractivity (Wildman–Crippen MR) is 73.2 cm³/mol. The summed E-state index contributed by atoms with van der Waals surface area (Å²) in [6.07, 6.45) is 1.19. The van der Waals surface area contributed by atoms with Gasteiger partial charge in [-0.15, -0.1) is 0 Å². The van der Waals surface area contributed by atoms with Crippen molar-refractivity contribution < 1.29 is 19.4 Å². The second-order valence-corrected chi connectivity index (χ2v) is 5.16. The van der Waals surface area contributed by atoms with Crippen LogP contribution in [0.5, 0.6) is 0 Å². The van der Waals surface area contributed by atoms with Gasteiger partial charge in [-0.1, -0.05) is 13.3 Å². The number of carboxylic acid groups (broad SMARTS) is 1. The van der Waals surface area contributed by atoms with E-state index in [4.69, 9.17) is 4.74 Å². The van der Waals surface area contributed by atoms with Gasteiger partial charge in [0.25, 0.3) is 0 Å². The van der Waals surface area contributed by atoms with Crippen LogP contribution in [-0.4, -0.2) is 53.8 Å². The van der Waals surface area contributed by atoms with Crippen LogP contribution in [-0.2, 0) is 9.53 Å². The summed E-state index contributed by atoms with van der Waals surface area (Å²) in [7, 11) is 1.62. The standard InChI is InChI=1S/C13H26N2O4/c1-6-7-13(4,11(16)17)14-12(18)15(5)8-9-19-10(2)3/h10H,6-9H2,1-5H3,(H,14,18)(H,16,17). The molecule has 112 valence electrons.